The van der Waals surface area contributed by atoms with E-state index in [1.807, 2.05) is 127 Å². The highest BCUT2D eigenvalue weighted by Crippen LogP contribution is 2.49. The van der Waals surface area contributed by atoms with E-state index in [2.05, 4.69) is 9.13 Å². The average Bonchev–Trinajstić information content (AvgIpc) is 3.95. The van der Waals surface area contributed by atoms with Gasteiger partial charge in [-0.3, -0.25) is 0 Å². The quantitative estimate of drug-likeness (QED) is 0.135. The maximum Gasteiger partial charge on any atom is 0.402 e. The molecule has 11 heteroatoms. The predicted molar refractivity (Wildman–Crippen MR) is 283 cm³/mol. The Morgan fingerprint density at radius 2 is 0.527 bits per heavy atom. The summed E-state index contributed by atoms with van der Waals surface area (Å²) in [5.41, 5.74) is 2.12. The lowest BCUT2D eigenvalue weighted by atomic mass is 9.75. The van der Waals surface area contributed by atoms with Gasteiger partial charge < -0.3 is 9.13 Å². The molecule has 2 unspecified atom stereocenters. The highest BCUT2D eigenvalue weighted by molar-refractivity contribution is 6.10. The van der Waals surface area contributed by atoms with Gasteiger partial charge in [0.25, 0.3) is 0 Å². The number of para-hydroxylation sites is 4. The van der Waals surface area contributed by atoms with E-state index < -0.39 is 23.2 Å². The third-order valence-electron chi connectivity index (χ3n) is 14.8. The Bertz CT molecular complexity index is 3700. The molecular weight excluding hydrogens is 941 g/mol. The van der Waals surface area contributed by atoms with E-state index >= 15 is 26.3 Å². The zero-order valence-corrected chi connectivity index (χ0v) is 39.9. The zero-order valence-electron chi connectivity index (χ0n) is 39.9. The van der Waals surface area contributed by atoms with E-state index in [-0.39, 0.29) is 39.7 Å². The van der Waals surface area contributed by atoms with Crippen LogP contribution in [0.3, 0.4) is 0 Å². The molecule has 9 aromatic carbocycles. The minimum atomic E-state index is -4.69. The van der Waals surface area contributed by atoms with Gasteiger partial charge >= 0.3 is 12.4 Å². The first-order valence-corrected chi connectivity index (χ1v) is 24.1. The summed E-state index contributed by atoms with van der Waals surface area (Å²) in [6.07, 6.45) is -9.37. The van der Waals surface area contributed by atoms with Crippen molar-refractivity contribution >= 4 is 43.6 Å². The van der Waals surface area contributed by atoms with E-state index in [9.17, 15) is 0 Å². The number of alkyl halides is 6. The molecule has 3 aromatic heterocycles. The van der Waals surface area contributed by atoms with Crippen molar-refractivity contribution in [3.05, 3.63) is 247 Å². The molecule has 0 spiro atoms. The second-order valence-corrected chi connectivity index (χ2v) is 18.9. The van der Waals surface area contributed by atoms with Gasteiger partial charge in [0.1, 0.15) is 10.8 Å². The fourth-order valence-electron chi connectivity index (χ4n) is 10.5. The molecule has 0 aliphatic carbocycles. The molecule has 12 rings (SSSR count). The van der Waals surface area contributed by atoms with Crippen LogP contribution in [-0.4, -0.2) is 36.4 Å². The lowest BCUT2D eigenvalue weighted by Crippen LogP contribution is -2.40. The molecule has 0 aliphatic rings. The van der Waals surface area contributed by atoms with Gasteiger partial charge in [-0.2, -0.15) is 26.3 Å². The second-order valence-electron chi connectivity index (χ2n) is 18.9. The van der Waals surface area contributed by atoms with Crippen LogP contribution in [0.15, 0.2) is 224 Å². The first-order valence-electron chi connectivity index (χ1n) is 24.1. The number of benzene rings is 9. The molecule has 0 bridgehead atoms. The van der Waals surface area contributed by atoms with Crippen molar-refractivity contribution in [2.24, 2.45) is 0 Å². The molecule has 0 saturated carbocycles. The SMILES string of the molecule is CC(c1ccc(-c2nc(-c3ccccc3)nc(-c3ccc(C(C)(c4ccc(-n5c6ccccc6c6ccccc65)cc4)C(F)(F)F)cc3)n2)cc1)(c1ccc(-n2c3ccccc3c3ccccc32)cc1)C(F)(F)F. The third-order valence-corrected chi connectivity index (χ3v) is 14.8. The fraction of sp³-hybridized carbons (Fsp3) is 0.0952. The van der Waals surface area contributed by atoms with Crippen LogP contribution in [-0.2, 0) is 10.8 Å². The van der Waals surface area contributed by atoms with E-state index in [0.717, 1.165) is 55.0 Å². The lowest BCUT2D eigenvalue weighted by molar-refractivity contribution is -0.173. The molecule has 0 aliphatic heterocycles. The van der Waals surface area contributed by atoms with Crippen molar-refractivity contribution < 1.29 is 26.3 Å². The van der Waals surface area contributed by atoms with Gasteiger partial charge in [0.05, 0.1) is 22.1 Å². The van der Waals surface area contributed by atoms with Crippen molar-refractivity contribution in [2.45, 2.75) is 37.0 Å². The second kappa shape index (κ2) is 17.4. The number of nitrogens with zero attached hydrogens (tertiary/aromatic N) is 5. The van der Waals surface area contributed by atoms with Gasteiger partial charge in [-0.15, -0.1) is 0 Å². The minimum absolute atomic E-state index is 0.0144. The summed E-state index contributed by atoms with van der Waals surface area (Å²) in [6, 6.07) is 66.0. The van der Waals surface area contributed by atoms with Crippen LogP contribution in [0.2, 0.25) is 0 Å². The predicted octanol–water partition coefficient (Wildman–Crippen LogP) is 16.8. The molecule has 0 amide bonds. The fourth-order valence-corrected chi connectivity index (χ4v) is 10.5. The number of rotatable bonds is 9. The van der Waals surface area contributed by atoms with E-state index in [4.69, 9.17) is 15.0 Å². The van der Waals surface area contributed by atoms with Crippen LogP contribution in [0.1, 0.15) is 36.1 Å². The van der Waals surface area contributed by atoms with Gasteiger partial charge in [-0.05, 0) is 84.6 Å². The van der Waals surface area contributed by atoms with E-state index in [1.54, 1.807) is 48.5 Å². The van der Waals surface area contributed by atoms with Crippen LogP contribution in [0.25, 0.3) is 89.2 Å². The number of aromatic nitrogens is 5. The average molecular weight is 984 g/mol. The largest absolute Gasteiger partial charge is 0.402 e. The summed E-state index contributed by atoms with van der Waals surface area (Å²) >= 11 is 0. The topological polar surface area (TPSA) is 48.5 Å². The summed E-state index contributed by atoms with van der Waals surface area (Å²) in [6.45, 7) is 2.36. The van der Waals surface area contributed by atoms with Gasteiger partial charge in [0.15, 0.2) is 17.5 Å². The van der Waals surface area contributed by atoms with Crippen LogP contribution >= 0.6 is 0 Å². The zero-order chi connectivity index (χ0) is 51.0. The van der Waals surface area contributed by atoms with Crippen LogP contribution in [0.4, 0.5) is 26.3 Å². The van der Waals surface area contributed by atoms with Gasteiger partial charge in [-0.1, -0.05) is 176 Å². The van der Waals surface area contributed by atoms with Gasteiger partial charge in [-0.25, -0.2) is 15.0 Å². The summed E-state index contributed by atoms with van der Waals surface area (Å²) in [5.74, 6) is 0.639. The van der Waals surface area contributed by atoms with Crippen LogP contribution < -0.4 is 0 Å². The summed E-state index contributed by atoms with van der Waals surface area (Å²) in [4.78, 5) is 14.3. The van der Waals surface area contributed by atoms with Crippen molar-refractivity contribution in [3.63, 3.8) is 0 Å². The Morgan fingerprint density at radius 1 is 0.284 bits per heavy atom. The number of fused-ring (bicyclic) bond motifs is 6. The molecule has 2 atom stereocenters. The van der Waals surface area contributed by atoms with Gasteiger partial charge in [0.2, 0.25) is 0 Å². The highest BCUT2D eigenvalue weighted by atomic mass is 19.4. The highest BCUT2D eigenvalue weighted by Gasteiger charge is 2.54. The van der Waals surface area contributed by atoms with Crippen molar-refractivity contribution in [3.8, 4) is 45.5 Å². The van der Waals surface area contributed by atoms with E-state index in [0.29, 0.717) is 16.7 Å². The van der Waals surface area contributed by atoms with Crippen molar-refractivity contribution in [1.82, 2.24) is 24.1 Å². The molecule has 12 aromatic rings. The maximum atomic E-state index is 15.5. The number of hydrogen-bond acceptors (Lipinski definition) is 3. The van der Waals surface area contributed by atoms with Crippen LogP contribution in [0, 0.1) is 0 Å². The monoisotopic (exact) mass is 983 g/mol. The molecule has 3 heterocycles. The lowest BCUT2D eigenvalue weighted by Gasteiger charge is -2.33. The van der Waals surface area contributed by atoms with Gasteiger partial charge in [0, 0.05) is 49.6 Å². The first kappa shape index (κ1) is 46.3. The Morgan fingerprint density at radius 3 is 0.811 bits per heavy atom. The Balaban J connectivity index is 0.877. The molecule has 362 valence electrons. The number of halogens is 6. The van der Waals surface area contributed by atoms with Crippen LogP contribution in [0.5, 0.6) is 0 Å². The number of hydrogen-bond donors (Lipinski definition) is 0. The molecule has 0 N–H and O–H groups in total. The van der Waals surface area contributed by atoms with Crippen molar-refractivity contribution in [2.75, 3.05) is 0 Å². The summed E-state index contributed by atoms with van der Waals surface area (Å²) in [7, 11) is 0. The third kappa shape index (κ3) is 7.44. The van der Waals surface area contributed by atoms with E-state index in [1.165, 1.54) is 62.4 Å². The molecule has 74 heavy (non-hydrogen) atoms. The summed E-state index contributed by atoms with van der Waals surface area (Å²) < 4.78 is 97.1. The molecule has 0 fully saturated rings. The Labute approximate surface area is 421 Å². The maximum absolute atomic E-state index is 15.5. The van der Waals surface area contributed by atoms with Crippen molar-refractivity contribution in [1.29, 1.82) is 0 Å². The summed E-state index contributed by atoms with van der Waals surface area (Å²) in [5, 5.41) is 4.19. The standard InChI is InChI=1S/C63H43F6N5/c1-60(62(64,65)66,45-32-36-47(37-33-45)73-53-20-10-6-16-49(53)50-17-7-11-21-54(50)73)43-28-24-41(25-29-43)58-70-57(40-14-4-3-5-15-40)71-59(72-58)42-26-30-44(31-27-42)61(2,63(67,68)69)46-34-38-48(39-35-46)74-55-22-12-8-18-51(55)52-19-9-13-23-56(52)74/h3-39H,1-2H3. The normalized spacial score (nSPS) is 13.9. The molecule has 5 nitrogen and oxygen atoms in total. The Kier molecular flexibility index (Phi) is 10.9. The molecule has 0 saturated heterocycles. The molecular formula is C63H43F6N5. The first-order chi connectivity index (χ1) is 35.7. The smallest absolute Gasteiger partial charge is 0.309 e. The minimum Gasteiger partial charge on any atom is -0.309 e. The molecule has 0 radical (unpaired) electrons. The Hall–Kier alpha value is -8.83.